The SMILES string of the molecule is COCCCNC(=O)NC[C@H](c1ccc(F)cc1)c1c[nH]c2ccccc12. The highest BCUT2D eigenvalue weighted by Crippen LogP contribution is 2.30. The maximum atomic E-state index is 13.4. The number of aromatic amines is 1. The van der Waals surface area contributed by atoms with Crippen LogP contribution in [0.4, 0.5) is 9.18 Å². The van der Waals surface area contributed by atoms with Gasteiger partial charge in [-0.3, -0.25) is 0 Å². The summed E-state index contributed by atoms with van der Waals surface area (Å²) in [6.45, 7) is 1.56. The first-order valence-corrected chi connectivity index (χ1v) is 9.01. The molecule has 2 aromatic carbocycles. The summed E-state index contributed by atoms with van der Waals surface area (Å²) in [5, 5.41) is 6.84. The summed E-state index contributed by atoms with van der Waals surface area (Å²) in [6, 6.07) is 14.2. The van der Waals surface area contributed by atoms with Gasteiger partial charge in [-0.15, -0.1) is 0 Å². The number of carbonyl (C=O) groups excluding carboxylic acids is 1. The molecule has 2 amide bonds. The van der Waals surface area contributed by atoms with Crippen LogP contribution in [0.15, 0.2) is 54.7 Å². The van der Waals surface area contributed by atoms with Gasteiger partial charge >= 0.3 is 6.03 Å². The number of para-hydroxylation sites is 1. The van der Waals surface area contributed by atoms with Crippen molar-refractivity contribution in [1.29, 1.82) is 0 Å². The molecule has 0 unspecified atom stereocenters. The van der Waals surface area contributed by atoms with Gasteiger partial charge in [-0.05, 0) is 35.7 Å². The number of aromatic nitrogens is 1. The number of methoxy groups -OCH3 is 1. The molecule has 0 aliphatic carbocycles. The molecule has 5 nitrogen and oxygen atoms in total. The molecule has 0 radical (unpaired) electrons. The van der Waals surface area contributed by atoms with E-state index in [-0.39, 0.29) is 17.8 Å². The molecule has 3 aromatic rings. The van der Waals surface area contributed by atoms with E-state index >= 15 is 0 Å². The van der Waals surface area contributed by atoms with Crippen LogP contribution >= 0.6 is 0 Å². The highest BCUT2D eigenvalue weighted by atomic mass is 19.1. The van der Waals surface area contributed by atoms with Crippen LogP contribution in [-0.2, 0) is 4.74 Å². The van der Waals surface area contributed by atoms with Crippen LogP contribution in [-0.4, -0.2) is 37.8 Å². The molecular formula is C21H24FN3O2. The summed E-state index contributed by atoms with van der Waals surface area (Å²) < 4.78 is 18.3. The standard InChI is InChI=1S/C21H24FN3O2/c1-27-12-4-11-23-21(26)25-13-18(15-7-9-16(22)10-8-15)19-14-24-20-6-3-2-5-17(19)20/h2-3,5-10,14,18,24H,4,11-13H2,1H3,(H2,23,25,26)/t18-/m1/s1. The first-order chi connectivity index (χ1) is 13.2. The van der Waals surface area contributed by atoms with Crippen molar-refractivity contribution in [3.05, 3.63) is 71.7 Å². The van der Waals surface area contributed by atoms with E-state index in [1.54, 1.807) is 19.2 Å². The third-order valence-corrected chi connectivity index (χ3v) is 4.55. The van der Waals surface area contributed by atoms with Gasteiger partial charge in [-0.25, -0.2) is 9.18 Å². The molecule has 0 bridgehead atoms. The molecule has 0 saturated heterocycles. The van der Waals surface area contributed by atoms with Crippen LogP contribution in [0.5, 0.6) is 0 Å². The number of carbonyl (C=O) groups is 1. The van der Waals surface area contributed by atoms with E-state index in [1.807, 2.05) is 30.5 Å². The maximum Gasteiger partial charge on any atom is 0.314 e. The van der Waals surface area contributed by atoms with Crippen molar-refractivity contribution in [2.24, 2.45) is 0 Å². The summed E-state index contributed by atoms with van der Waals surface area (Å²) in [5.41, 5.74) is 3.04. The largest absolute Gasteiger partial charge is 0.385 e. The fourth-order valence-electron chi connectivity index (χ4n) is 3.16. The Hall–Kier alpha value is -2.86. The average molecular weight is 369 g/mol. The van der Waals surface area contributed by atoms with Crippen molar-refractivity contribution in [2.75, 3.05) is 26.8 Å². The highest BCUT2D eigenvalue weighted by Gasteiger charge is 2.19. The lowest BCUT2D eigenvalue weighted by Crippen LogP contribution is -2.38. The van der Waals surface area contributed by atoms with Crippen molar-refractivity contribution in [2.45, 2.75) is 12.3 Å². The van der Waals surface area contributed by atoms with E-state index in [2.05, 4.69) is 15.6 Å². The zero-order valence-electron chi connectivity index (χ0n) is 15.3. The van der Waals surface area contributed by atoms with Crippen LogP contribution in [0, 0.1) is 5.82 Å². The van der Waals surface area contributed by atoms with Crippen molar-refractivity contribution in [1.82, 2.24) is 15.6 Å². The maximum absolute atomic E-state index is 13.4. The number of hydrogen-bond acceptors (Lipinski definition) is 2. The zero-order chi connectivity index (χ0) is 19.1. The summed E-state index contributed by atoms with van der Waals surface area (Å²) >= 11 is 0. The van der Waals surface area contributed by atoms with Crippen molar-refractivity contribution >= 4 is 16.9 Å². The minimum absolute atomic E-state index is 0.0912. The van der Waals surface area contributed by atoms with Crippen LogP contribution in [0.25, 0.3) is 10.9 Å². The van der Waals surface area contributed by atoms with E-state index < -0.39 is 0 Å². The van der Waals surface area contributed by atoms with Gasteiger partial charge in [0.1, 0.15) is 5.82 Å². The number of amides is 2. The highest BCUT2D eigenvalue weighted by molar-refractivity contribution is 5.84. The molecular weight excluding hydrogens is 345 g/mol. The van der Waals surface area contributed by atoms with Gasteiger partial charge in [0, 0.05) is 49.8 Å². The van der Waals surface area contributed by atoms with Crippen LogP contribution in [0.3, 0.4) is 0 Å². The lowest BCUT2D eigenvalue weighted by molar-refractivity contribution is 0.193. The van der Waals surface area contributed by atoms with Gasteiger partial charge in [0.05, 0.1) is 0 Å². The number of nitrogens with one attached hydrogen (secondary N) is 3. The number of urea groups is 1. The first kappa shape index (κ1) is 18.9. The molecule has 3 N–H and O–H groups in total. The van der Waals surface area contributed by atoms with Gasteiger partial charge in [-0.2, -0.15) is 0 Å². The number of benzene rings is 2. The van der Waals surface area contributed by atoms with Gasteiger partial charge < -0.3 is 20.4 Å². The van der Waals surface area contributed by atoms with Crippen LogP contribution < -0.4 is 10.6 Å². The fourth-order valence-corrected chi connectivity index (χ4v) is 3.16. The summed E-state index contributed by atoms with van der Waals surface area (Å²) in [6.07, 6.45) is 2.71. The lowest BCUT2D eigenvalue weighted by atomic mass is 9.91. The Balaban J connectivity index is 1.77. The molecule has 0 aliphatic heterocycles. The van der Waals surface area contributed by atoms with Gasteiger partial charge in [0.15, 0.2) is 0 Å². The van der Waals surface area contributed by atoms with E-state index in [0.717, 1.165) is 28.5 Å². The predicted octanol–water partition coefficient (Wildman–Crippen LogP) is 3.77. The molecule has 6 heteroatoms. The van der Waals surface area contributed by atoms with Crippen LogP contribution in [0.1, 0.15) is 23.5 Å². The fraction of sp³-hybridized carbons (Fsp3) is 0.286. The van der Waals surface area contributed by atoms with E-state index in [4.69, 9.17) is 4.74 Å². The van der Waals surface area contributed by atoms with Crippen molar-refractivity contribution in [3.8, 4) is 0 Å². The Kier molecular flexibility index (Phi) is 6.44. The lowest BCUT2D eigenvalue weighted by Gasteiger charge is -2.18. The zero-order valence-corrected chi connectivity index (χ0v) is 15.3. The topological polar surface area (TPSA) is 66.2 Å². The van der Waals surface area contributed by atoms with Gasteiger partial charge in [-0.1, -0.05) is 30.3 Å². The molecule has 0 saturated carbocycles. The van der Waals surface area contributed by atoms with E-state index in [1.165, 1.54) is 12.1 Å². The van der Waals surface area contributed by atoms with Gasteiger partial charge in [0.2, 0.25) is 0 Å². The number of H-pyrrole nitrogens is 1. The molecule has 0 aliphatic rings. The first-order valence-electron chi connectivity index (χ1n) is 9.01. The second kappa shape index (κ2) is 9.19. The molecule has 3 rings (SSSR count). The molecule has 1 heterocycles. The molecule has 0 fully saturated rings. The number of ether oxygens (including phenoxy) is 1. The molecule has 142 valence electrons. The summed E-state index contributed by atoms with van der Waals surface area (Å²) in [7, 11) is 1.63. The summed E-state index contributed by atoms with van der Waals surface area (Å²) in [4.78, 5) is 15.4. The summed E-state index contributed by atoms with van der Waals surface area (Å²) in [5.74, 6) is -0.369. The van der Waals surface area contributed by atoms with E-state index in [0.29, 0.717) is 19.7 Å². The monoisotopic (exact) mass is 369 g/mol. The smallest absolute Gasteiger partial charge is 0.314 e. The molecule has 1 atom stereocenters. The number of fused-ring (bicyclic) bond motifs is 1. The average Bonchev–Trinajstić information content (AvgIpc) is 3.11. The normalized spacial score (nSPS) is 12.1. The van der Waals surface area contributed by atoms with E-state index in [9.17, 15) is 9.18 Å². The van der Waals surface area contributed by atoms with Crippen molar-refractivity contribution in [3.63, 3.8) is 0 Å². The Morgan fingerprint density at radius 3 is 2.70 bits per heavy atom. The number of hydrogen-bond donors (Lipinski definition) is 3. The minimum atomic E-state index is -0.278. The Bertz CT molecular complexity index is 877. The Labute approximate surface area is 157 Å². The van der Waals surface area contributed by atoms with Gasteiger partial charge in [0.25, 0.3) is 0 Å². The number of halogens is 1. The third kappa shape index (κ3) is 4.86. The Morgan fingerprint density at radius 2 is 1.93 bits per heavy atom. The molecule has 1 aromatic heterocycles. The minimum Gasteiger partial charge on any atom is -0.385 e. The van der Waals surface area contributed by atoms with Crippen molar-refractivity contribution < 1.29 is 13.9 Å². The molecule has 0 spiro atoms. The van der Waals surface area contributed by atoms with Crippen LogP contribution in [0.2, 0.25) is 0 Å². The third-order valence-electron chi connectivity index (χ3n) is 4.55. The second-order valence-corrected chi connectivity index (χ2v) is 6.38. The second-order valence-electron chi connectivity index (χ2n) is 6.38. The predicted molar refractivity (Wildman–Crippen MR) is 104 cm³/mol. The molecule has 27 heavy (non-hydrogen) atoms. The number of rotatable bonds is 8. The Morgan fingerprint density at radius 1 is 1.15 bits per heavy atom. The quantitative estimate of drug-likeness (QED) is 0.529.